The number of thiophene rings is 1. The third kappa shape index (κ3) is 6.69. The van der Waals surface area contributed by atoms with Crippen molar-refractivity contribution in [1.82, 2.24) is 0 Å². The van der Waals surface area contributed by atoms with Crippen molar-refractivity contribution in [3.05, 3.63) is 69.6 Å². The normalized spacial score (nSPS) is 15.2. The molecule has 4 rings (SSSR count). The summed E-state index contributed by atoms with van der Waals surface area (Å²) in [6.45, 7) is 10.9. The SMILES string of the molecule is COc1cc(C=Nc2sc3c(c2C#N)CC[C@@H](C(C)(C)C)C3)ccc1OCC(=O)Nc1ccccc1C(C)C. The largest absolute Gasteiger partial charge is 0.493 e. The highest BCUT2D eigenvalue weighted by molar-refractivity contribution is 7.16. The van der Waals surface area contributed by atoms with Crippen LogP contribution in [0.4, 0.5) is 10.7 Å². The monoisotopic (exact) mass is 543 g/mol. The molecular formula is C32H37N3O3S. The standard InChI is InChI=1S/C32H37N3O3S/c1-20(2)23-9-7-8-10-26(23)35-30(36)19-38-27-14-11-21(15-28(27)37-6)18-34-31-25(17-33)24-13-12-22(32(3,4)5)16-29(24)39-31/h7-11,14-15,18,20,22H,12-13,16,19H2,1-6H3,(H,35,36)/t22-/m1/s1. The van der Waals surface area contributed by atoms with Crippen LogP contribution in [0.5, 0.6) is 11.5 Å². The Labute approximate surface area is 235 Å². The van der Waals surface area contributed by atoms with E-state index in [1.54, 1.807) is 30.7 Å². The van der Waals surface area contributed by atoms with Crippen molar-refractivity contribution in [3.8, 4) is 17.6 Å². The van der Waals surface area contributed by atoms with Crippen LogP contribution in [0.3, 0.4) is 0 Å². The Kier molecular flexibility index (Phi) is 8.76. The molecule has 0 radical (unpaired) electrons. The van der Waals surface area contributed by atoms with Gasteiger partial charge in [0.2, 0.25) is 0 Å². The summed E-state index contributed by atoms with van der Waals surface area (Å²) in [6, 6.07) is 15.6. The van der Waals surface area contributed by atoms with Crippen LogP contribution >= 0.6 is 11.3 Å². The van der Waals surface area contributed by atoms with E-state index < -0.39 is 0 Å². The van der Waals surface area contributed by atoms with Crippen LogP contribution in [-0.2, 0) is 17.6 Å². The molecule has 0 bridgehead atoms. The number of hydrogen-bond acceptors (Lipinski definition) is 6. The van der Waals surface area contributed by atoms with E-state index in [0.717, 1.165) is 41.1 Å². The van der Waals surface area contributed by atoms with Crippen molar-refractivity contribution >= 4 is 34.1 Å². The second kappa shape index (κ2) is 12.0. The first kappa shape index (κ1) is 28.4. The number of ether oxygens (including phenoxy) is 2. The summed E-state index contributed by atoms with van der Waals surface area (Å²) in [6.07, 6.45) is 4.79. The number of amides is 1. The second-order valence-corrected chi connectivity index (χ2v) is 12.4. The lowest BCUT2D eigenvalue weighted by atomic mass is 9.72. The zero-order valence-electron chi connectivity index (χ0n) is 23.6. The summed E-state index contributed by atoms with van der Waals surface area (Å²) < 4.78 is 11.3. The quantitative estimate of drug-likeness (QED) is 0.296. The molecule has 0 unspecified atom stereocenters. The maximum atomic E-state index is 12.6. The van der Waals surface area contributed by atoms with Gasteiger partial charge in [-0.25, -0.2) is 4.99 Å². The summed E-state index contributed by atoms with van der Waals surface area (Å²) >= 11 is 1.63. The number of carbonyl (C=O) groups is 1. The second-order valence-electron chi connectivity index (χ2n) is 11.3. The highest BCUT2D eigenvalue weighted by Crippen LogP contribution is 2.45. The molecule has 6 nitrogen and oxygen atoms in total. The molecule has 2 aromatic carbocycles. The van der Waals surface area contributed by atoms with Crippen LogP contribution in [0.1, 0.15) is 74.1 Å². The average molecular weight is 544 g/mol. The topological polar surface area (TPSA) is 83.7 Å². The lowest BCUT2D eigenvalue weighted by Gasteiger charge is -2.33. The molecule has 1 aliphatic rings. The number of nitrogens with zero attached hydrogens (tertiary/aromatic N) is 2. The molecule has 204 valence electrons. The lowest BCUT2D eigenvalue weighted by molar-refractivity contribution is -0.118. The molecular weight excluding hydrogens is 506 g/mol. The first-order valence-corrected chi connectivity index (χ1v) is 14.2. The van der Waals surface area contributed by atoms with Crippen molar-refractivity contribution in [2.45, 2.75) is 59.8 Å². The number of aliphatic imine (C=N–C) groups is 1. The molecule has 1 aliphatic carbocycles. The van der Waals surface area contributed by atoms with Crippen LogP contribution in [0.25, 0.3) is 0 Å². The number of para-hydroxylation sites is 1. The maximum Gasteiger partial charge on any atom is 0.262 e. The molecule has 0 saturated carbocycles. The maximum absolute atomic E-state index is 12.6. The third-order valence-electron chi connectivity index (χ3n) is 7.32. The Morgan fingerprint density at radius 1 is 1.23 bits per heavy atom. The van der Waals surface area contributed by atoms with Crippen LogP contribution in [0.2, 0.25) is 0 Å². The molecule has 0 fully saturated rings. The molecule has 1 aromatic heterocycles. The van der Waals surface area contributed by atoms with Gasteiger partial charge in [0.15, 0.2) is 18.1 Å². The van der Waals surface area contributed by atoms with Gasteiger partial charge in [0, 0.05) is 16.8 Å². The van der Waals surface area contributed by atoms with E-state index in [1.165, 1.54) is 10.4 Å². The van der Waals surface area contributed by atoms with Gasteiger partial charge in [-0.15, -0.1) is 11.3 Å². The number of rotatable bonds is 8. The Morgan fingerprint density at radius 2 is 2.00 bits per heavy atom. The Balaban J connectivity index is 1.44. The fraction of sp³-hybridized carbons (Fsp3) is 0.406. The number of carbonyl (C=O) groups excluding carboxylic acids is 1. The van der Waals surface area contributed by atoms with Crippen molar-refractivity contribution in [2.24, 2.45) is 16.3 Å². The predicted octanol–water partition coefficient (Wildman–Crippen LogP) is 7.67. The fourth-order valence-electron chi connectivity index (χ4n) is 4.98. The molecule has 1 amide bonds. The number of hydrogen-bond donors (Lipinski definition) is 1. The summed E-state index contributed by atoms with van der Waals surface area (Å²) in [7, 11) is 1.56. The number of fused-ring (bicyclic) bond motifs is 1. The molecule has 7 heteroatoms. The van der Waals surface area contributed by atoms with Crippen molar-refractivity contribution in [3.63, 3.8) is 0 Å². The van der Waals surface area contributed by atoms with Gasteiger partial charge in [-0.05, 0) is 77.5 Å². The van der Waals surface area contributed by atoms with E-state index in [-0.39, 0.29) is 17.9 Å². The summed E-state index contributed by atoms with van der Waals surface area (Å²) in [5.41, 5.74) is 4.81. The highest BCUT2D eigenvalue weighted by Gasteiger charge is 2.32. The number of nitriles is 1. The van der Waals surface area contributed by atoms with Gasteiger partial charge in [0.1, 0.15) is 11.1 Å². The minimum Gasteiger partial charge on any atom is -0.493 e. The predicted molar refractivity (Wildman–Crippen MR) is 159 cm³/mol. The van der Waals surface area contributed by atoms with Gasteiger partial charge in [0.25, 0.3) is 5.91 Å². The number of anilines is 1. The minimum absolute atomic E-state index is 0.141. The van der Waals surface area contributed by atoms with Gasteiger partial charge in [-0.2, -0.15) is 5.26 Å². The van der Waals surface area contributed by atoms with Gasteiger partial charge in [-0.1, -0.05) is 52.8 Å². The summed E-state index contributed by atoms with van der Waals surface area (Å²) in [5, 5.41) is 13.6. The number of nitrogens with one attached hydrogen (secondary N) is 1. The molecule has 0 aliphatic heterocycles. The first-order valence-electron chi connectivity index (χ1n) is 13.4. The molecule has 39 heavy (non-hydrogen) atoms. The van der Waals surface area contributed by atoms with Crippen LogP contribution in [0, 0.1) is 22.7 Å². The molecule has 0 saturated heterocycles. The zero-order chi connectivity index (χ0) is 28.2. The molecule has 1 atom stereocenters. The van der Waals surface area contributed by atoms with E-state index >= 15 is 0 Å². The van der Waals surface area contributed by atoms with Crippen LogP contribution in [0.15, 0.2) is 47.5 Å². The minimum atomic E-state index is -0.241. The number of methoxy groups -OCH3 is 1. The van der Waals surface area contributed by atoms with Gasteiger partial charge >= 0.3 is 0 Å². The fourth-order valence-corrected chi connectivity index (χ4v) is 6.20. The van der Waals surface area contributed by atoms with E-state index in [0.29, 0.717) is 28.9 Å². The van der Waals surface area contributed by atoms with Crippen molar-refractivity contribution in [2.75, 3.05) is 19.0 Å². The van der Waals surface area contributed by atoms with Gasteiger partial charge in [-0.3, -0.25) is 4.79 Å². The van der Waals surface area contributed by atoms with Gasteiger partial charge < -0.3 is 14.8 Å². The van der Waals surface area contributed by atoms with Crippen molar-refractivity contribution in [1.29, 1.82) is 5.26 Å². The van der Waals surface area contributed by atoms with Crippen molar-refractivity contribution < 1.29 is 14.3 Å². The summed E-state index contributed by atoms with van der Waals surface area (Å²) in [5.74, 6) is 1.64. The number of benzene rings is 2. The van der Waals surface area contributed by atoms with E-state index in [1.807, 2.05) is 36.4 Å². The Hall–Kier alpha value is -3.63. The molecule has 1 heterocycles. The van der Waals surface area contributed by atoms with E-state index in [9.17, 15) is 10.1 Å². The molecule has 3 aromatic rings. The Morgan fingerprint density at radius 3 is 2.69 bits per heavy atom. The Bertz CT molecular complexity index is 1410. The van der Waals surface area contributed by atoms with Crippen LogP contribution < -0.4 is 14.8 Å². The molecule has 0 spiro atoms. The van der Waals surface area contributed by atoms with Crippen LogP contribution in [-0.4, -0.2) is 25.8 Å². The molecule has 1 N–H and O–H groups in total. The lowest BCUT2D eigenvalue weighted by Crippen LogP contribution is -2.26. The highest BCUT2D eigenvalue weighted by atomic mass is 32.1. The first-order chi connectivity index (χ1) is 18.6. The average Bonchev–Trinajstić information content (AvgIpc) is 3.27. The third-order valence-corrected chi connectivity index (χ3v) is 8.48. The van der Waals surface area contributed by atoms with Gasteiger partial charge in [0.05, 0.1) is 12.7 Å². The van der Waals surface area contributed by atoms with E-state index in [4.69, 9.17) is 14.5 Å². The summed E-state index contributed by atoms with van der Waals surface area (Å²) in [4.78, 5) is 18.6. The van der Waals surface area contributed by atoms with E-state index in [2.05, 4.69) is 46.0 Å². The smallest absolute Gasteiger partial charge is 0.262 e. The zero-order valence-corrected chi connectivity index (χ0v) is 24.4.